The zero-order valence-corrected chi connectivity index (χ0v) is 40.3. The number of hydrogen-bond acceptors (Lipinski definition) is 14. The van der Waals surface area contributed by atoms with E-state index in [1.165, 1.54) is 12.7 Å². The summed E-state index contributed by atoms with van der Waals surface area (Å²) in [6.45, 7) is 7.69. The van der Waals surface area contributed by atoms with Crippen LogP contribution in [0, 0.1) is 28.1 Å². The molecule has 20 nitrogen and oxygen atoms in total. The van der Waals surface area contributed by atoms with Crippen molar-refractivity contribution in [2.24, 2.45) is 14.1 Å². The van der Waals surface area contributed by atoms with Crippen molar-refractivity contribution in [2.75, 3.05) is 33.3 Å². The number of fused-ring (bicyclic) bond motifs is 2. The van der Waals surface area contributed by atoms with Crippen molar-refractivity contribution in [1.29, 1.82) is 10.5 Å². The van der Waals surface area contributed by atoms with Gasteiger partial charge in [0.15, 0.2) is 5.65 Å². The monoisotopic (exact) mass is 960 g/mol. The number of aromatic nitrogens is 10. The molecule has 68 heavy (non-hydrogen) atoms. The van der Waals surface area contributed by atoms with E-state index in [9.17, 15) is 23.7 Å². The molecule has 4 saturated carbocycles. The summed E-state index contributed by atoms with van der Waals surface area (Å²) in [4.78, 5) is 33.5. The summed E-state index contributed by atoms with van der Waals surface area (Å²) in [6, 6.07) is 8.92. The van der Waals surface area contributed by atoms with Crippen LogP contribution in [0.4, 0.5) is 0 Å². The fourth-order valence-electron chi connectivity index (χ4n) is 9.04. The summed E-state index contributed by atoms with van der Waals surface area (Å²) in [7, 11) is -3.76. The van der Waals surface area contributed by atoms with Crippen LogP contribution in [0.1, 0.15) is 89.8 Å². The van der Waals surface area contributed by atoms with Crippen LogP contribution >= 0.6 is 0 Å². The molecule has 2 atom stereocenters. The molecule has 4 aliphatic carbocycles. The summed E-state index contributed by atoms with van der Waals surface area (Å²) in [5, 5.41) is 37.4. The summed E-state index contributed by atoms with van der Waals surface area (Å²) in [5.74, 6) is -0.0451. The van der Waals surface area contributed by atoms with E-state index < -0.39 is 36.3 Å². The largest absolute Gasteiger partial charge is 0.400 e. The predicted octanol–water partition coefficient (Wildman–Crippen LogP) is 5.68. The summed E-state index contributed by atoms with van der Waals surface area (Å²) < 4.78 is 46.2. The number of nitriles is 2. The first-order chi connectivity index (χ1) is 32.8. The van der Waals surface area contributed by atoms with E-state index in [2.05, 4.69) is 47.3 Å². The lowest BCUT2D eigenvalue weighted by atomic mass is 9.89. The van der Waals surface area contributed by atoms with Gasteiger partial charge in [-0.15, -0.1) is 0 Å². The van der Waals surface area contributed by atoms with Crippen LogP contribution in [-0.4, -0.2) is 133 Å². The number of nitrogens with zero attached hydrogens (tertiary/aromatic N) is 15. The third-order valence-corrected chi connectivity index (χ3v) is 19.3. The minimum Gasteiger partial charge on any atom is -0.400 e. The Balaban J connectivity index is 0.000000155. The number of carbonyl (C=O) groups is 1. The van der Waals surface area contributed by atoms with Crippen LogP contribution in [-0.2, 0) is 30.9 Å². The van der Waals surface area contributed by atoms with Gasteiger partial charge in [0.05, 0.1) is 71.3 Å². The zero-order chi connectivity index (χ0) is 47.6. The number of aliphatic hydroxyl groups excluding tert-OH is 1. The highest BCUT2D eigenvalue weighted by atomic mass is 32.2. The lowest BCUT2D eigenvalue weighted by Gasteiger charge is -2.49. The van der Waals surface area contributed by atoms with E-state index in [1.807, 2.05) is 69.5 Å². The maximum atomic E-state index is 13.8. The molecule has 12 rings (SSSR count). The number of H-pyrrole nitrogens is 1. The Morgan fingerprint density at radius 2 is 1.24 bits per heavy atom. The lowest BCUT2D eigenvalue weighted by Crippen LogP contribution is -2.64. The van der Waals surface area contributed by atoms with Gasteiger partial charge in [0.2, 0.25) is 5.91 Å². The number of aromatic amines is 1. The van der Waals surface area contributed by atoms with Crippen LogP contribution in [0.15, 0.2) is 70.7 Å². The molecular formula is C46H56N16O4S2. The van der Waals surface area contributed by atoms with Gasteiger partial charge in [-0.2, -0.15) is 20.7 Å². The van der Waals surface area contributed by atoms with Crippen molar-refractivity contribution in [1.82, 2.24) is 57.7 Å². The minimum absolute atomic E-state index is 0.0451. The molecule has 0 spiro atoms. The van der Waals surface area contributed by atoms with E-state index in [4.69, 9.17) is 13.8 Å². The Morgan fingerprint density at radius 3 is 1.69 bits per heavy atom. The second-order valence-electron chi connectivity index (χ2n) is 19.9. The number of nitrogens with one attached hydrogen (secondary N) is 1. The molecule has 0 amide bonds. The van der Waals surface area contributed by atoms with Gasteiger partial charge in [0.1, 0.15) is 49.2 Å². The van der Waals surface area contributed by atoms with Gasteiger partial charge in [0.25, 0.3) is 0 Å². The van der Waals surface area contributed by atoms with E-state index >= 15 is 0 Å². The van der Waals surface area contributed by atoms with Crippen molar-refractivity contribution in [2.45, 2.75) is 119 Å². The predicted molar refractivity (Wildman–Crippen MR) is 255 cm³/mol. The minimum atomic E-state index is -2.41. The third-order valence-electron chi connectivity index (χ3n) is 13.4. The normalized spacial score (nSPS) is 21.6. The van der Waals surface area contributed by atoms with E-state index in [-0.39, 0.29) is 34.9 Å². The molecular weight excluding hydrogens is 905 g/mol. The molecule has 0 bridgehead atoms. The molecule has 8 heterocycles. The van der Waals surface area contributed by atoms with Crippen molar-refractivity contribution in [3.8, 4) is 34.7 Å². The van der Waals surface area contributed by atoms with Crippen LogP contribution in [0.2, 0.25) is 0 Å². The van der Waals surface area contributed by atoms with Crippen LogP contribution in [0.25, 0.3) is 44.6 Å². The van der Waals surface area contributed by atoms with Gasteiger partial charge in [-0.3, -0.25) is 18.7 Å². The molecule has 0 aromatic carbocycles. The first kappa shape index (κ1) is 45.9. The Labute approximate surface area is 395 Å². The SMILES string of the molecule is CC(C)(C)C(=O)n1ccc2c(-c3cnn(C4(CC#N)CN(S(=O)(=NC5CC5)C5CC5)C4)c3)ncnc21.CO.N#CCC1(n2cc(-c3ncnc4[nH]ccc34)cn2)CN(S(=O)(=NC2CC2)C2CC2)C1. The Morgan fingerprint density at radius 1 is 0.750 bits per heavy atom. The van der Waals surface area contributed by atoms with Crippen LogP contribution in [0.5, 0.6) is 0 Å². The van der Waals surface area contributed by atoms with E-state index in [0.29, 0.717) is 43.9 Å². The van der Waals surface area contributed by atoms with Gasteiger partial charge < -0.3 is 10.1 Å². The Kier molecular flexibility index (Phi) is 11.6. The first-order valence-electron chi connectivity index (χ1n) is 23.2. The molecule has 356 valence electrons. The first-order valence-corrected chi connectivity index (χ1v) is 26.3. The van der Waals surface area contributed by atoms with Crippen molar-refractivity contribution < 1.29 is 18.3 Å². The molecule has 6 aromatic rings. The number of rotatable bonds is 12. The van der Waals surface area contributed by atoms with Crippen molar-refractivity contribution in [3.63, 3.8) is 0 Å². The smallest absolute Gasteiger partial charge is 0.237 e. The van der Waals surface area contributed by atoms with Gasteiger partial charge in [-0.05, 0) is 63.5 Å². The molecule has 0 radical (unpaired) electrons. The summed E-state index contributed by atoms with van der Waals surface area (Å²) in [5.41, 5.74) is 2.90. The van der Waals surface area contributed by atoms with E-state index in [1.54, 1.807) is 23.2 Å². The average Bonchev–Trinajstić information content (AvgIpc) is 4.22. The molecule has 6 aromatic heterocycles. The fraction of sp³-hybridized carbons (Fsp3) is 0.543. The van der Waals surface area contributed by atoms with Crippen LogP contribution in [0.3, 0.4) is 0 Å². The molecule has 6 aliphatic rings. The van der Waals surface area contributed by atoms with Gasteiger partial charge >= 0.3 is 0 Å². The van der Waals surface area contributed by atoms with Gasteiger partial charge in [-0.1, -0.05) is 20.8 Å². The van der Waals surface area contributed by atoms with E-state index in [0.717, 1.165) is 91.7 Å². The summed E-state index contributed by atoms with van der Waals surface area (Å²) >= 11 is 0. The fourth-order valence-corrected chi connectivity index (χ4v) is 15.0. The Bertz CT molecular complexity index is 3230. The lowest BCUT2D eigenvalue weighted by molar-refractivity contribution is 0.0746. The molecule has 6 fully saturated rings. The zero-order valence-electron chi connectivity index (χ0n) is 38.7. The quantitative estimate of drug-likeness (QED) is 0.150. The highest BCUT2D eigenvalue weighted by Crippen LogP contribution is 2.45. The maximum absolute atomic E-state index is 13.8. The maximum Gasteiger partial charge on any atom is 0.237 e. The number of hydrogen-bond donors (Lipinski definition) is 2. The number of carbonyl (C=O) groups excluding carboxylic acids is 1. The second-order valence-corrected chi connectivity index (χ2v) is 24.8. The standard InChI is InChI=1S/C25H30N8O2S.C20H22N8OS.CH4O/c1-24(2,3)23(34)32-11-8-20-21(27-16-28-22(20)32)17-12-29-33(13-17)25(9-10-26)14-31(15-25)36(35,19-6-7-19)30-18-4-5-18;21-7-6-20(11-27(12-20)30(29,16-3-4-16)26-15-1-2-15)28-10-14(9-25-28)18-17-5-8-22-19(17)24-13-23-18;1-2/h8,11-13,16,18-19H,4-7,9,14-15H2,1-3H3;5,8-10,13,15-16H,1-4,6,11-12H2,(H,22,23,24);2H,1H3. The molecule has 2 aliphatic heterocycles. The highest BCUT2D eigenvalue weighted by molar-refractivity contribution is 7.92. The van der Waals surface area contributed by atoms with Crippen molar-refractivity contribution in [3.05, 3.63) is 62.0 Å². The molecule has 22 heteroatoms. The van der Waals surface area contributed by atoms with Crippen molar-refractivity contribution >= 4 is 47.8 Å². The molecule has 2 saturated heterocycles. The molecule has 2 N–H and O–H groups in total. The number of aliphatic hydroxyl groups is 1. The van der Waals surface area contributed by atoms with Crippen LogP contribution < -0.4 is 0 Å². The topological polar surface area (TPSA) is 258 Å². The highest BCUT2D eigenvalue weighted by Gasteiger charge is 2.55. The molecule has 2 unspecified atom stereocenters. The Hall–Kier alpha value is -5.91. The third kappa shape index (κ3) is 8.29. The summed E-state index contributed by atoms with van der Waals surface area (Å²) in [6.07, 6.45) is 22.6. The second kappa shape index (κ2) is 17.2. The average molecular weight is 961 g/mol. The van der Waals surface area contributed by atoms with Gasteiger partial charge in [0, 0.05) is 85.4 Å². The van der Waals surface area contributed by atoms with Gasteiger partial charge in [-0.25, -0.2) is 45.7 Å².